The lowest BCUT2D eigenvalue weighted by Gasteiger charge is -2.09. The van der Waals surface area contributed by atoms with E-state index in [-0.39, 0.29) is 6.61 Å². The number of hydrogen-bond acceptors (Lipinski definition) is 3. The van der Waals surface area contributed by atoms with Crippen molar-refractivity contribution >= 4 is 32.7 Å². The lowest BCUT2D eigenvalue weighted by molar-refractivity contribution is -0.136. The molecule has 3 aromatic carbocycles. The van der Waals surface area contributed by atoms with Crippen LogP contribution in [0.15, 0.2) is 65.1 Å². The SMILES string of the molecule is Cc1ccc(OCC(=O)Oc2ccc3ccccc3c2)c(Br)c1. The van der Waals surface area contributed by atoms with E-state index in [1.807, 2.05) is 61.5 Å². The van der Waals surface area contributed by atoms with Crippen molar-refractivity contribution < 1.29 is 14.3 Å². The first kappa shape index (κ1) is 15.6. The van der Waals surface area contributed by atoms with Gasteiger partial charge in [-0.3, -0.25) is 0 Å². The van der Waals surface area contributed by atoms with Crippen molar-refractivity contribution in [2.24, 2.45) is 0 Å². The van der Waals surface area contributed by atoms with Crippen LogP contribution in [-0.2, 0) is 4.79 Å². The number of fused-ring (bicyclic) bond motifs is 1. The maximum Gasteiger partial charge on any atom is 0.349 e. The van der Waals surface area contributed by atoms with E-state index in [2.05, 4.69) is 15.9 Å². The van der Waals surface area contributed by atoms with Gasteiger partial charge in [-0.25, -0.2) is 4.79 Å². The molecule has 0 N–H and O–H groups in total. The molecule has 23 heavy (non-hydrogen) atoms. The summed E-state index contributed by atoms with van der Waals surface area (Å²) in [6, 6.07) is 19.1. The average molecular weight is 371 g/mol. The summed E-state index contributed by atoms with van der Waals surface area (Å²) in [4.78, 5) is 11.9. The fourth-order valence-corrected chi connectivity index (χ4v) is 2.86. The zero-order valence-corrected chi connectivity index (χ0v) is 14.2. The van der Waals surface area contributed by atoms with E-state index in [4.69, 9.17) is 9.47 Å². The van der Waals surface area contributed by atoms with Gasteiger partial charge < -0.3 is 9.47 Å². The minimum Gasteiger partial charge on any atom is -0.481 e. The number of halogens is 1. The number of ether oxygens (including phenoxy) is 2. The number of carbonyl (C=O) groups is 1. The zero-order chi connectivity index (χ0) is 16.2. The Balaban J connectivity index is 1.64. The van der Waals surface area contributed by atoms with Crippen molar-refractivity contribution in [3.8, 4) is 11.5 Å². The molecule has 0 fully saturated rings. The number of rotatable bonds is 4. The Hall–Kier alpha value is -2.33. The van der Waals surface area contributed by atoms with Gasteiger partial charge in [0.15, 0.2) is 6.61 Å². The van der Waals surface area contributed by atoms with Gasteiger partial charge in [0.25, 0.3) is 0 Å². The van der Waals surface area contributed by atoms with E-state index in [0.29, 0.717) is 11.5 Å². The summed E-state index contributed by atoms with van der Waals surface area (Å²) in [6.45, 7) is 1.84. The molecule has 0 bridgehead atoms. The third-order valence-electron chi connectivity index (χ3n) is 3.39. The van der Waals surface area contributed by atoms with Gasteiger partial charge in [0.1, 0.15) is 11.5 Å². The predicted molar refractivity (Wildman–Crippen MR) is 94.0 cm³/mol. The molecule has 0 aliphatic rings. The summed E-state index contributed by atoms with van der Waals surface area (Å²) >= 11 is 3.41. The maximum atomic E-state index is 11.9. The molecule has 0 unspecified atom stereocenters. The molecule has 0 amide bonds. The van der Waals surface area contributed by atoms with Crippen LogP contribution in [-0.4, -0.2) is 12.6 Å². The van der Waals surface area contributed by atoms with Crippen molar-refractivity contribution in [1.82, 2.24) is 0 Å². The Morgan fingerprint density at radius 2 is 1.78 bits per heavy atom. The molecule has 0 aliphatic carbocycles. The second-order valence-corrected chi connectivity index (χ2v) is 6.06. The van der Waals surface area contributed by atoms with Gasteiger partial charge in [-0.15, -0.1) is 0 Å². The van der Waals surface area contributed by atoms with E-state index < -0.39 is 5.97 Å². The Bertz CT molecular complexity index is 858. The van der Waals surface area contributed by atoms with Crippen LogP contribution in [0.1, 0.15) is 5.56 Å². The minimum absolute atomic E-state index is 0.144. The number of hydrogen-bond donors (Lipinski definition) is 0. The third kappa shape index (κ3) is 3.90. The molecule has 0 saturated heterocycles. The summed E-state index contributed by atoms with van der Waals surface area (Å²) in [6.07, 6.45) is 0. The number of aryl methyl sites for hydroxylation is 1. The Kier molecular flexibility index (Phi) is 4.63. The summed E-state index contributed by atoms with van der Waals surface area (Å²) in [5, 5.41) is 2.13. The van der Waals surface area contributed by atoms with Crippen LogP contribution < -0.4 is 9.47 Å². The van der Waals surface area contributed by atoms with Gasteiger partial charge in [0.2, 0.25) is 0 Å². The topological polar surface area (TPSA) is 35.5 Å². The van der Waals surface area contributed by atoms with Crippen molar-refractivity contribution in [2.75, 3.05) is 6.61 Å². The first-order valence-electron chi connectivity index (χ1n) is 7.20. The minimum atomic E-state index is -0.437. The molecular formula is C19H15BrO3. The van der Waals surface area contributed by atoms with Gasteiger partial charge in [0, 0.05) is 0 Å². The van der Waals surface area contributed by atoms with E-state index in [1.54, 1.807) is 6.07 Å². The van der Waals surface area contributed by atoms with E-state index >= 15 is 0 Å². The standard InChI is InChI=1S/C19H15BrO3/c1-13-6-9-18(17(20)10-13)22-12-19(21)23-16-8-7-14-4-2-3-5-15(14)11-16/h2-11H,12H2,1H3. The van der Waals surface area contributed by atoms with E-state index in [0.717, 1.165) is 20.8 Å². The first-order valence-corrected chi connectivity index (χ1v) is 7.99. The smallest absolute Gasteiger partial charge is 0.349 e. The fourth-order valence-electron chi connectivity index (χ4n) is 2.25. The Labute approximate surface area is 143 Å². The molecule has 0 aliphatic heterocycles. The highest BCUT2D eigenvalue weighted by Gasteiger charge is 2.08. The summed E-state index contributed by atoms with van der Waals surface area (Å²) in [5.41, 5.74) is 1.11. The molecule has 0 heterocycles. The van der Waals surface area contributed by atoms with Crippen LogP contribution in [0.3, 0.4) is 0 Å². The highest BCUT2D eigenvalue weighted by Crippen LogP contribution is 2.26. The van der Waals surface area contributed by atoms with Crippen LogP contribution in [0.2, 0.25) is 0 Å². The van der Waals surface area contributed by atoms with Crippen LogP contribution in [0.25, 0.3) is 10.8 Å². The number of benzene rings is 3. The maximum absolute atomic E-state index is 11.9. The molecule has 3 nitrogen and oxygen atoms in total. The van der Waals surface area contributed by atoms with E-state index in [9.17, 15) is 4.79 Å². The molecule has 4 heteroatoms. The van der Waals surface area contributed by atoms with E-state index in [1.165, 1.54) is 0 Å². The Morgan fingerprint density at radius 1 is 1.00 bits per heavy atom. The normalized spacial score (nSPS) is 10.5. The number of carbonyl (C=O) groups excluding carboxylic acids is 1. The monoisotopic (exact) mass is 370 g/mol. The van der Waals surface area contributed by atoms with Gasteiger partial charge in [-0.2, -0.15) is 0 Å². The molecule has 0 atom stereocenters. The average Bonchev–Trinajstić information content (AvgIpc) is 2.54. The van der Waals surface area contributed by atoms with Crippen LogP contribution in [0.5, 0.6) is 11.5 Å². The summed E-state index contributed by atoms with van der Waals surface area (Å²) < 4.78 is 11.6. The quantitative estimate of drug-likeness (QED) is 0.484. The highest BCUT2D eigenvalue weighted by molar-refractivity contribution is 9.10. The van der Waals surface area contributed by atoms with Gasteiger partial charge >= 0.3 is 5.97 Å². The summed E-state index contributed by atoms with van der Waals surface area (Å²) in [5.74, 6) is 0.694. The molecule has 3 rings (SSSR count). The van der Waals surface area contributed by atoms with Gasteiger partial charge in [0.05, 0.1) is 4.47 Å². The molecule has 0 saturated carbocycles. The molecule has 3 aromatic rings. The van der Waals surface area contributed by atoms with Crippen LogP contribution in [0, 0.1) is 6.92 Å². The predicted octanol–water partition coefficient (Wildman–Crippen LogP) is 4.90. The lowest BCUT2D eigenvalue weighted by atomic mass is 10.1. The van der Waals surface area contributed by atoms with Crippen LogP contribution in [0.4, 0.5) is 0 Å². The van der Waals surface area contributed by atoms with Gasteiger partial charge in [-0.05, 0) is 63.5 Å². The second-order valence-electron chi connectivity index (χ2n) is 5.21. The highest BCUT2D eigenvalue weighted by atomic mass is 79.9. The van der Waals surface area contributed by atoms with Crippen LogP contribution >= 0.6 is 15.9 Å². The summed E-state index contributed by atoms with van der Waals surface area (Å²) in [7, 11) is 0. The molecule has 0 aromatic heterocycles. The first-order chi connectivity index (χ1) is 11.1. The van der Waals surface area contributed by atoms with Crippen molar-refractivity contribution in [1.29, 1.82) is 0 Å². The second kappa shape index (κ2) is 6.84. The molecule has 116 valence electrons. The molecular weight excluding hydrogens is 356 g/mol. The lowest BCUT2D eigenvalue weighted by Crippen LogP contribution is -2.17. The number of esters is 1. The zero-order valence-electron chi connectivity index (χ0n) is 12.6. The van der Waals surface area contributed by atoms with Crippen molar-refractivity contribution in [3.63, 3.8) is 0 Å². The van der Waals surface area contributed by atoms with Gasteiger partial charge in [-0.1, -0.05) is 36.4 Å². The largest absolute Gasteiger partial charge is 0.481 e. The third-order valence-corrected chi connectivity index (χ3v) is 4.01. The fraction of sp³-hybridized carbons (Fsp3) is 0.105. The molecule has 0 radical (unpaired) electrons. The van der Waals surface area contributed by atoms with Crippen molar-refractivity contribution in [3.05, 3.63) is 70.7 Å². The van der Waals surface area contributed by atoms with Crippen molar-refractivity contribution in [2.45, 2.75) is 6.92 Å². The Morgan fingerprint density at radius 3 is 2.57 bits per heavy atom. The molecule has 0 spiro atoms.